The van der Waals surface area contributed by atoms with Crippen molar-refractivity contribution in [3.05, 3.63) is 11.8 Å². The van der Waals surface area contributed by atoms with E-state index in [0.29, 0.717) is 31.5 Å². The van der Waals surface area contributed by atoms with Gasteiger partial charge in [-0.05, 0) is 12.8 Å². The van der Waals surface area contributed by atoms with Crippen LogP contribution in [0.2, 0.25) is 0 Å². The molecule has 1 aromatic rings. The van der Waals surface area contributed by atoms with Crippen LogP contribution >= 0.6 is 0 Å². The zero-order valence-corrected chi connectivity index (χ0v) is 14.3. The van der Waals surface area contributed by atoms with Gasteiger partial charge in [-0.3, -0.25) is 4.79 Å². The molecule has 6 nitrogen and oxygen atoms in total. The molecule has 0 radical (unpaired) electrons. The number of hydrogen-bond acceptors (Lipinski definition) is 5. The number of carbonyl (C=O) groups is 1. The van der Waals surface area contributed by atoms with Crippen LogP contribution in [0, 0.1) is 5.41 Å². The highest BCUT2D eigenvalue weighted by atomic mass is 16.5. The minimum Gasteiger partial charge on any atom is -0.422 e. The number of hydrogen-bond donors (Lipinski definition) is 0. The predicted molar refractivity (Wildman–Crippen MR) is 82.3 cm³/mol. The summed E-state index contributed by atoms with van der Waals surface area (Å²) in [4.78, 5) is 14.7. The van der Waals surface area contributed by atoms with Crippen molar-refractivity contribution >= 4 is 5.91 Å². The molecule has 0 bridgehead atoms. The summed E-state index contributed by atoms with van der Waals surface area (Å²) in [6.07, 6.45) is 1.35. The maximum Gasteiger partial charge on any atom is 0.247 e. The summed E-state index contributed by atoms with van der Waals surface area (Å²) >= 11 is 0. The van der Waals surface area contributed by atoms with E-state index >= 15 is 0 Å². The fourth-order valence-electron chi connectivity index (χ4n) is 2.53. The topological polar surface area (TPSA) is 68.5 Å². The Labute approximate surface area is 132 Å². The monoisotopic (exact) mass is 309 g/mol. The minimum atomic E-state index is -0.323. The standard InChI is InChI=1S/C16H27N3O3/c1-6-16(5,7-2)15(20)19-8-9-21-12(10-19)14-18-17-13(22-14)11(3)4/h11-12H,6-10H2,1-5H3/t12-/m0/s1. The highest BCUT2D eigenvalue weighted by Gasteiger charge is 2.37. The van der Waals surface area contributed by atoms with E-state index in [0.717, 1.165) is 12.8 Å². The maximum absolute atomic E-state index is 12.8. The van der Waals surface area contributed by atoms with Crippen LogP contribution in [0.25, 0.3) is 0 Å². The maximum atomic E-state index is 12.8. The van der Waals surface area contributed by atoms with E-state index in [-0.39, 0.29) is 23.3 Å². The number of rotatable bonds is 5. The Morgan fingerprint density at radius 1 is 1.36 bits per heavy atom. The van der Waals surface area contributed by atoms with Gasteiger partial charge >= 0.3 is 0 Å². The highest BCUT2D eigenvalue weighted by Crippen LogP contribution is 2.31. The van der Waals surface area contributed by atoms with Crippen LogP contribution in [-0.2, 0) is 9.53 Å². The van der Waals surface area contributed by atoms with Crippen LogP contribution < -0.4 is 0 Å². The van der Waals surface area contributed by atoms with E-state index in [1.807, 2.05) is 25.7 Å². The van der Waals surface area contributed by atoms with Crippen LogP contribution in [0.15, 0.2) is 4.42 Å². The van der Waals surface area contributed by atoms with Crippen molar-refractivity contribution in [2.24, 2.45) is 5.41 Å². The highest BCUT2D eigenvalue weighted by molar-refractivity contribution is 5.82. The molecule has 1 aliphatic rings. The lowest BCUT2D eigenvalue weighted by Gasteiger charge is -2.37. The molecular formula is C16H27N3O3. The second kappa shape index (κ2) is 6.77. The Morgan fingerprint density at radius 2 is 2.05 bits per heavy atom. The van der Waals surface area contributed by atoms with Crippen molar-refractivity contribution in [2.45, 2.75) is 59.5 Å². The molecule has 0 N–H and O–H groups in total. The fourth-order valence-corrected chi connectivity index (χ4v) is 2.53. The molecule has 1 fully saturated rings. The van der Waals surface area contributed by atoms with Crippen LogP contribution in [0.1, 0.15) is 71.3 Å². The molecule has 0 aliphatic carbocycles. The van der Waals surface area contributed by atoms with Gasteiger partial charge in [0.25, 0.3) is 0 Å². The van der Waals surface area contributed by atoms with E-state index in [4.69, 9.17) is 9.15 Å². The molecule has 1 atom stereocenters. The molecule has 2 heterocycles. The first-order valence-corrected chi connectivity index (χ1v) is 8.15. The van der Waals surface area contributed by atoms with Crippen molar-refractivity contribution in [1.82, 2.24) is 15.1 Å². The molecule has 1 aliphatic heterocycles. The smallest absolute Gasteiger partial charge is 0.247 e. The first-order chi connectivity index (χ1) is 10.4. The van der Waals surface area contributed by atoms with Crippen molar-refractivity contribution in [3.63, 3.8) is 0 Å². The van der Waals surface area contributed by atoms with Gasteiger partial charge in [0.2, 0.25) is 17.7 Å². The third-order valence-corrected chi connectivity index (χ3v) is 4.66. The van der Waals surface area contributed by atoms with Gasteiger partial charge in [0.1, 0.15) is 0 Å². The van der Waals surface area contributed by atoms with E-state index in [1.165, 1.54) is 0 Å². The fraction of sp³-hybridized carbons (Fsp3) is 0.812. The average Bonchev–Trinajstić information content (AvgIpc) is 3.04. The third-order valence-electron chi connectivity index (χ3n) is 4.66. The molecule has 0 spiro atoms. The van der Waals surface area contributed by atoms with E-state index in [9.17, 15) is 4.79 Å². The summed E-state index contributed by atoms with van der Waals surface area (Å²) < 4.78 is 11.4. The number of carbonyl (C=O) groups excluding carboxylic acids is 1. The van der Waals surface area contributed by atoms with Gasteiger partial charge in [-0.1, -0.05) is 34.6 Å². The molecule has 1 amide bonds. The van der Waals surface area contributed by atoms with Gasteiger partial charge in [-0.2, -0.15) is 0 Å². The second-order valence-electron chi connectivity index (χ2n) is 6.51. The lowest BCUT2D eigenvalue weighted by atomic mass is 9.83. The Hall–Kier alpha value is -1.43. The molecule has 2 rings (SSSR count). The van der Waals surface area contributed by atoms with Gasteiger partial charge in [-0.15, -0.1) is 10.2 Å². The van der Waals surface area contributed by atoms with Gasteiger partial charge in [0, 0.05) is 17.9 Å². The third kappa shape index (κ3) is 3.32. The van der Waals surface area contributed by atoms with Gasteiger partial charge < -0.3 is 14.1 Å². The molecule has 0 aromatic carbocycles. The molecule has 0 unspecified atom stereocenters. The van der Waals surface area contributed by atoms with Gasteiger partial charge in [-0.25, -0.2) is 0 Å². The van der Waals surface area contributed by atoms with Crippen molar-refractivity contribution in [1.29, 1.82) is 0 Å². The Kier molecular flexibility index (Phi) is 5.21. The lowest BCUT2D eigenvalue weighted by Crippen LogP contribution is -2.48. The molecule has 0 saturated carbocycles. The van der Waals surface area contributed by atoms with Gasteiger partial charge in [0.15, 0.2) is 6.10 Å². The minimum absolute atomic E-state index is 0.186. The lowest BCUT2D eigenvalue weighted by molar-refractivity contribution is -0.150. The van der Waals surface area contributed by atoms with Crippen LogP contribution in [0.3, 0.4) is 0 Å². The van der Waals surface area contributed by atoms with E-state index < -0.39 is 0 Å². The van der Waals surface area contributed by atoms with E-state index in [1.54, 1.807) is 0 Å². The number of aromatic nitrogens is 2. The zero-order chi connectivity index (χ0) is 16.3. The summed E-state index contributed by atoms with van der Waals surface area (Å²) in [5.41, 5.74) is -0.306. The summed E-state index contributed by atoms with van der Waals surface area (Å²) in [5, 5.41) is 8.12. The normalized spacial score (nSPS) is 19.7. The number of nitrogens with zero attached hydrogens (tertiary/aromatic N) is 3. The van der Waals surface area contributed by atoms with Gasteiger partial charge in [0.05, 0.1) is 13.2 Å². The summed E-state index contributed by atoms with van der Waals surface area (Å²) in [6.45, 7) is 11.8. The van der Waals surface area contributed by atoms with Crippen LogP contribution in [0.5, 0.6) is 0 Å². The van der Waals surface area contributed by atoms with Crippen molar-refractivity contribution < 1.29 is 13.9 Å². The van der Waals surface area contributed by atoms with Crippen LogP contribution in [0.4, 0.5) is 0 Å². The summed E-state index contributed by atoms with van der Waals surface area (Å²) in [7, 11) is 0. The number of ether oxygens (including phenoxy) is 1. The second-order valence-corrected chi connectivity index (χ2v) is 6.51. The quantitative estimate of drug-likeness (QED) is 0.836. The Balaban J connectivity index is 2.09. The number of amides is 1. The Morgan fingerprint density at radius 3 is 2.59 bits per heavy atom. The SMILES string of the molecule is CCC(C)(CC)C(=O)N1CCO[C@H](c2nnc(C(C)C)o2)C1. The summed E-state index contributed by atoms with van der Waals surface area (Å²) in [6, 6.07) is 0. The molecule has 22 heavy (non-hydrogen) atoms. The summed E-state index contributed by atoms with van der Waals surface area (Å²) in [5.74, 6) is 1.45. The first kappa shape index (κ1) is 16.9. The molecule has 1 aromatic heterocycles. The molecule has 124 valence electrons. The predicted octanol–water partition coefficient (Wildman–Crippen LogP) is 2.92. The number of morpholine rings is 1. The molecule has 6 heteroatoms. The largest absolute Gasteiger partial charge is 0.422 e. The van der Waals surface area contributed by atoms with E-state index in [2.05, 4.69) is 24.0 Å². The average molecular weight is 309 g/mol. The zero-order valence-electron chi connectivity index (χ0n) is 14.3. The molecule has 1 saturated heterocycles. The van der Waals surface area contributed by atoms with Crippen molar-refractivity contribution in [2.75, 3.05) is 19.7 Å². The first-order valence-electron chi connectivity index (χ1n) is 8.15. The van der Waals surface area contributed by atoms with Crippen molar-refractivity contribution in [3.8, 4) is 0 Å². The molecular weight excluding hydrogens is 282 g/mol. The van der Waals surface area contributed by atoms with Crippen LogP contribution in [-0.4, -0.2) is 40.7 Å². The Bertz CT molecular complexity index is 508.